The Hall–Kier alpha value is -1.71. The average molecular weight is 260 g/mol. The topological polar surface area (TPSA) is 45.5 Å². The van der Waals surface area contributed by atoms with Crippen LogP contribution >= 0.6 is 0 Å². The van der Waals surface area contributed by atoms with Crippen molar-refractivity contribution in [3.8, 4) is 0 Å². The highest BCUT2D eigenvalue weighted by atomic mass is 16.3. The fourth-order valence-electron chi connectivity index (χ4n) is 3.01. The smallest absolute Gasteiger partial charge is 0.255 e. The number of furan rings is 1. The van der Waals surface area contributed by atoms with E-state index in [2.05, 4.69) is 10.2 Å². The molecule has 1 aromatic heterocycles. The Morgan fingerprint density at radius 2 is 1.95 bits per heavy atom. The van der Waals surface area contributed by atoms with Crippen molar-refractivity contribution >= 4 is 11.8 Å². The van der Waals surface area contributed by atoms with E-state index in [1.54, 1.807) is 18.4 Å². The summed E-state index contributed by atoms with van der Waals surface area (Å²) in [5.74, 6) is 0.542. The van der Waals surface area contributed by atoms with Gasteiger partial charge in [-0.2, -0.15) is 0 Å². The first kappa shape index (κ1) is 12.3. The van der Waals surface area contributed by atoms with Crippen molar-refractivity contribution in [3.05, 3.63) is 29.7 Å². The van der Waals surface area contributed by atoms with E-state index in [0.717, 1.165) is 37.9 Å². The summed E-state index contributed by atoms with van der Waals surface area (Å²) >= 11 is 0. The summed E-state index contributed by atoms with van der Waals surface area (Å²) in [6.07, 6.45) is 8.31. The Labute approximate surface area is 113 Å². The molecule has 4 heteroatoms. The molecule has 0 bridgehead atoms. The molecule has 2 heterocycles. The number of hydrogen-bond acceptors (Lipinski definition) is 3. The van der Waals surface area contributed by atoms with Crippen molar-refractivity contribution in [2.75, 3.05) is 18.4 Å². The highest BCUT2D eigenvalue weighted by molar-refractivity contribution is 6.03. The molecule has 1 aromatic rings. The monoisotopic (exact) mass is 260 g/mol. The summed E-state index contributed by atoms with van der Waals surface area (Å²) < 4.78 is 5.19. The molecule has 0 unspecified atom stereocenters. The van der Waals surface area contributed by atoms with Crippen LogP contribution in [0.4, 0.5) is 5.88 Å². The van der Waals surface area contributed by atoms with Crippen molar-refractivity contribution in [1.82, 2.24) is 4.90 Å². The number of hydrogen-bond donors (Lipinski definition) is 1. The first-order chi connectivity index (χ1) is 9.34. The highest BCUT2D eigenvalue weighted by Gasteiger charge is 2.25. The minimum atomic E-state index is 0.0107. The van der Waals surface area contributed by atoms with Crippen molar-refractivity contribution in [2.24, 2.45) is 0 Å². The predicted molar refractivity (Wildman–Crippen MR) is 73.6 cm³/mol. The van der Waals surface area contributed by atoms with Crippen LogP contribution in [0.25, 0.3) is 0 Å². The fourth-order valence-corrected chi connectivity index (χ4v) is 3.01. The molecule has 0 saturated carbocycles. The lowest BCUT2D eigenvalue weighted by Crippen LogP contribution is -2.27. The summed E-state index contributed by atoms with van der Waals surface area (Å²) in [6, 6.07) is 3.56. The molecule has 1 amide bonds. The Balaban J connectivity index is 1.79. The standard InChI is InChI=1S/C15H20N2O2/c18-15(16-14-8-5-11-19-14)12-6-1-2-7-13(12)17-9-3-4-10-17/h5,8,11H,1-4,6-7,9-10H2,(H,16,18). The lowest BCUT2D eigenvalue weighted by atomic mass is 9.94. The van der Waals surface area contributed by atoms with Gasteiger partial charge in [-0.3, -0.25) is 10.1 Å². The third kappa shape index (κ3) is 2.67. The molecule has 102 valence electrons. The third-order valence-electron chi connectivity index (χ3n) is 3.96. The van der Waals surface area contributed by atoms with Crippen molar-refractivity contribution < 1.29 is 9.21 Å². The Morgan fingerprint density at radius 1 is 1.16 bits per heavy atom. The van der Waals surface area contributed by atoms with Gasteiger partial charge in [0.2, 0.25) is 0 Å². The molecule has 0 aromatic carbocycles. The number of anilines is 1. The number of carbonyl (C=O) groups excluding carboxylic acids is 1. The van der Waals surface area contributed by atoms with Gasteiger partial charge in [0.25, 0.3) is 5.91 Å². The summed E-state index contributed by atoms with van der Waals surface area (Å²) in [5, 5.41) is 2.85. The van der Waals surface area contributed by atoms with Gasteiger partial charge < -0.3 is 9.32 Å². The van der Waals surface area contributed by atoms with Crippen LogP contribution in [-0.2, 0) is 4.79 Å². The highest BCUT2D eigenvalue weighted by Crippen LogP contribution is 2.30. The van der Waals surface area contributed by atoms with Gasteiger partial charge >= 0.3 is 0 Å². The van der Waals surface area contributed by atoms with Gasteiger partial charge in [0.15, 0.2) is 5.88 Å². The maximum Gasteiger partial charge on any atom is 0.255 e. The molecule has 2 aliphatic rings. The van der Waals surface area contributed by atoms with E-state index in [0.29, 0.717) is 5.88 Å². The predicted octanol–water partition coefficient (Wildman–Crippen LogP) is 3.14. The van der Waals surface area contributed by atoms with E-state index in [9.17, 15) is 4.79 Å². The van der Waals surface area contributed by atoms with Crippen molar-refractivity contribution in [3.63, 3.8) is 0 Å². The summed E-state index contributed by atoms with van der Waals surface area (Å²) in [6.45, 7) is 2.21. The largest absolute Gasteiger partial charge is 0.449 e. The van der Waals surface area contributed by atoms with Gasteiger partial charge in [0.05, 0.1) is 6.26 Å². The van der Waals surface area contributed by atoms with Crippen LogP contribution in [0.2, 0.25) is 0 Å². The fraction of sp³-hybridized carbons (Fsp3) is 0.533. The molecule has 0 radical (unpaired) electrons. The van der Waals surface area contributed by atoms with E-state index in [1.165, 1.54) is 25.0 Å². The van der Waals surface area contributed by atoms with Crippen LogP contribution in [0.1, 0.15) is 38.5 Å². The Kier molecular flexibility index (Phi) is 3.58. The van der Waals surface area contributed by atoms with E-state index >= 15 is 0 Å². The maximum absolute atomic E-state index is 12.4. The van der Waals surface area contributed by atoms with Gasteiger partial charge in [0.1, 0.15) is 0 Å². The van der Waals surface area contributed by atoms with Crippen LogP contribution in [0, 0.1) is 0 Å². The Bertz CT molecular complexity index is 470. The number of allylic oxidation sites excluding steroid dienone is 1. The van der Waals surface area contributed by atoms with Crippen LogP contribution in [0.15, 0.2) is 34.1 Å². The molecular weight excluding hydrogens is 240 g/mol. The lowest BCUT2D eigenvalue weighted by Gasteiger charge is -2.28. The summed E-state index contributed by atoms with van der Waals surface area (Å²) in [7, 11) is 0. The maximum atomic E-state index is 12.4. The number of rotatable bonds is 3. The SMILES string of the molecule is O=C(Nc1ccco1)C1=C(N2CCCC2)CCCC1. The molecule has 0 atom stereocenters. The molecule has 19 heavy (non-hydrogen) atoms. The number of nitrogens with one attached hydrogen (secondary N) is 1. The molecule has 1 saturated heterocycles. The van der Waals surface area contributed by atoms with E-state index < -0.39 is 0 Å². The van der Waals surface area contributed by atoms with E-state index in [4.69, 9.17) is 4.42 Å². The normalized spacial score (nSPS) is 19.9. The van der Waals surface area contributed by atoms with Crippen molar-refractivity contribution in [1.29, 1.82) is 0 Å². The van der Waals surface area contributed by atoms with Crippen LogP contribution in [0.3, 0.4) is 0 Å². The van der Waals surface area contributed by atoms with Gasteiger partial charge in [-0.1, -0.05) is 0 Å². The molecule has 1 N–H and O–H groups in total. The second-order valence-electron chi connectivity index (χ2n) is 5.26. The molecule has 1 aliphatic carbocycles. The first-order valence-corrected chi connectivity index (χ1v) is 7.16. The van der Waals surface area contributed by atoms with E-state index in [1.807, 2.05) is 0 Å². The first-order valence-electron chi connectivity index (χ1n) is 7.16. The molecule has 4 nitrogen and oxygen atoms in total. The average Bonchev–Trinajstić information content (AvgIpc) is 3.11. The van der Waals surface area contributed by atoms with E-state index in [-0.39, 0.29) is 5.91 Å². The molecule has 1 fully saturated rings. The van der Waals surface area contributed by atoms with Gasteiger partial charge in [0, 0.05) is 30.4 Å². The zero-order valence-corrected chi connectivity index (χ0v) is 11.2. The number of likely N-dealkylation sites (tertiary alicyclic amines) is 1. The zero-order valence-electron chi connectivity index (χ0n) is 11.2. The zero-order chi connectivity index (χ0) is 13.1. The number of nitrogens with zero attached hydrogens (tertiary/aromatic N) is 1. The third-order valence-corrected chi connectivity index (χ3v) is 3.96. The quantitative estimate of drug-likeness (QED) is 0.908. The minimum Gasteiger partial charge on any atom is -0.449 e. The second-order valence-corrected chi connectivity index (χ2v) is 5.26. The second kappa shape index (κ2) is 5.51. The lowest BCUT2D eigenvalue weighted by molar-refractivity contribution is -0.113. The number of carbonyl (C=O) groups is 1. The van der Waals surface area contributed by atoms with Gasteiger partial charge in [-0.15, -0.1) is 0 Å². The summed E-state index contributed by atoms with van der Waals surface area (Å²) in [5.41, 5.74) is 2.23. The van der Waals surface area contributed by atoms with Crippen LogP contribution in [-0.4, -0.2) is 23.9 Å². The molecule has 0 spiro atoms. The molecule has 1 aliphatic heterocycles. The summed E-state index contributed by atoms with van der Waals surface area (Å²) in [4.78, 5) is 14.8. The number of amides is 1. The van der Waals surface area contributed by atoms with Crippen LogP contribution in [0.5, 0.6) is 0 Å². The minimum absolute atomic E-state index is 0.0107. The molecular formula is C15H20N2O2. The molecule has 3 rings (SSSR count). The Morgan fingerprint density at radius 3 is 2.68 bits per heavy atom. The van der Waals surface area contributed by atoms with Gasteiger partial charge in [-0.05, 0) is 44.6 Å². The van der Waals surface area contributed by atoms with Crippen molar-refractivity contribution in [2.45, 2.75) is 38.5 Å². The van der Waals surface area contributed by atoms with Crippen LogP contribution < -0.4 is 5.32 Å². The van der Waals surface area contributed by atoms with Gasteiger partial charge in [-0.25, -0.2) is 0 Å².